The molecular weight excluding hydrogens is 304 g/mol. The number of carbonyl (C=O) groups is 1. The van der Waals surface area contributed by atoms with Gasteiger partial charge in [0.1, 0.15) is 5.75 Å². The Labute approximate surface area is 116 Å². The van der Waals surface area contributed by atoms with Crippen LogP contribution in [0.25, 0.3) is 0 Å². The van der Waals surface area contributed by atoms with Crippen LogP contribution in [0.3, 0.4) is 0 Å². The Hall–Kier alpha value is -1.93. The highest BCUT2D eigenvalue weighted by Crippen LogP contribution is 2.38. The quantitative estimate of drug-likeness (QED) is 0.802. The first kappa shape index (κ1) is 17.1. The lowest BCUT2D eigenvalue weighted by atomic mass is 10.1. The third-order valence-corrected chi connectivity index (χ3v) is 2.42. The molecule has 118 valence electrons. The summed E-state index contributed by atoms with van der Waals surface area (Å²) >= 11 is 0. The van der Waals surface area contributed by atoms with Gasteiger partial charge in [0, 0.05) is 14.1 Å². The summed E-state index contributed by atoms with van der Waals surface area (Å²) in [4.78, 5) is 12.3. The zero-order chi connectivity index (χ0) is 16.4. The number of likely N-dealkylation sites (N-methyl/N-ethyl adjacent to an activating group) is 1. The fraction of sp³-hybridized carbons (Fsp3) is 0.417. The average Bonchev–Trinajstić information content (AvgIpc) is 2.33. The lowest BCUT2D eigenvalue weighted by Gasteiger charge is -2.15. The number of alkyl halides is 6. The van der Waals surface area contributed by atoms with Gasteiger partial charge in [-0.15, -0.1) is 0 Å². The second kappa shape index (κ2) is 5.82. The number of amides is 1. The molecule has 1 aromatic carbocycles. The van der Waals surface area contributed by atoms with E-state index in [4.69, 9.17) is 4.74 Å². The van der Waals surface area contributed by atoms with Crippen molar-refractivity contribution in [2.24, 2.45) is 0 Å². The maximum Gasteiger partial charge on any atom is 0.416 e. The molecule has 0 aromatic heterocycles. The molecule has 3 nitrogen and oxygen atoms in total. The molecule has 0 aliphatic carbocycles. The first-order valence-corrected chi connectivity index (χ1v) is 5.53. The number of halogens is 6. The minimum atomic E-state index is -4.95. The molecular formula is C12H11F6NO2. The monoisotopic (exact) mass is 315 g/mol. The standard InChI is InChI=1S/C12H11F6NO2/c1-19(2)10(20)6-21-9-4-7(11(13,14)15)3-8(5-9)12(16,17)18/h3-5H,6H2,1-2H3. The SMILES string of the molecule is CN(C)C(=O)COc1cc(C(F)(F)F)cc(C(F)(F)F)c1. The third kappa shape index (κ3) is 4.83. The van der Waals surface area contributed by atoms with Gasteiger partial charge in [0.15, 0.2) is 6.61 Å². The summed E-state index contributed by atoms with van der Waals surface area (Å²) in [6, 6.07) is 0.816. The van der Waals surface area contributed by atoms with E-state index in [0.717, 1.165) is 4.90 Å². The molecule has 0 saturated carbocycles. The van der Waals surface area contributed by atoms with Gasteiger partial charge >= 0.3 is 12.4 Å². The van der Waals surface area contributed by atoms with Crippen molar-refractivity contribution in [3.63, 3.8) is 0 Å². The van der Waals surface area contributed by atoms with Gasteiger partial charge in [-0.25, -0.2) is 0 Å². The van der Waals surface area contributed by atoms with E-state index in [1.54, 1.807) is 0 Å². The van der Waals surface area contributed by atoms with Crippen molar-refractivity contribution in [1.82, 2.24) is 4.90 Å². The van der Waals surface area contributed by atoms with Crippen molar-refractivity contribution in [3.8, 4) is 5.75 Å². The van der Waals surface area contributed by atoms with Crippen LogP contribution < -0.4 is 4.74 Å². The molecule has 0 saturated heterocycles. The van der Waals surface area contributed by atoms with Gasteiger partial charge in [0.2, 0.25) is 0 Å². The second-order valence-electron chi connectivity index (χ2n) is 4.32. The molecule has 21 heavy (non-hydrogen) atoms. The Morgan fingerprint density at radius 2 is 1.43 bits per heavy atom. The van der Waals surface area contributed by atoms with Crippen LogP contribution in [0.1, 0.15) is 11.1 Å². The molecule has 0 fully saturated rings. The fourth-order valence-electron chi connectivity index (χ4n) is 1.28. The third-order valence-electron chi connectivity index (χ3n) is 2.42. The first-order valence-electron chi connectivity index (χ1n) is 5.53. The predicted molar refractivity (Wildman–Crippen MR) is 60.6 cm³/mol. The highest BCUT2D eigenvalue weighted by atomic mass is 19.4. The second-order valence-corrected chi connectivity index (χ2v) is 4.32. The zero-order valence-corrected chi connectivity index (χ0v) is 11.0. The molecule has 0 aliphatic rings. The molecule has 0 spiro atoms. The van der Waals surface area contributed by atoms with Crippen molar-refractivity contribution in [1.29, 1.82) is 0 Å². The minimum Gasteiger partial charge on any atom is -0.484 e. The van der Waals surface area contributed by atoms with Crippen molar-refractivity contribution >= 4 is 5.91 Å². The van der Waals surface area contributed by atoms with E-state index < -0.39 is 41.7 Å². The van der Waals surface area contributed by atoms with E-state index >= 15 is 0 Å². The van der Waals surface area contributed by atoms with Crippen molar-refractivity contribution in [3.05, 3.63) is 29.3 Å². The smallest absolute Gasteiger partial charge is 0.416 e. The van der Waals surface area contributed by atoms with Gasteiger partial charge in [-0.3, -0.25) is 4.79 Å². The van der Waals surface area contributed by atoms with E-state index in [9.17, 15) is 31.1 Å². The van der Waals surface area contributed by atoms with E-state index in [2.05, 4.69) is 0 Å². The summed E-state index contributed by atoms with van der Waals surface area (Å²) in [5.74, 6) is -1.27. The first-order chi connectivity index (χ1) is 9.41. The molecule has 0 aliphatic heterocycles. The molecule has 9 heteroatoms. The summed E-state index contributed by atoms with van der Waals surface area (Å²) < 4.78 is 80.1. The topological polar surface area (TPSA) is 29.5 Å². The molecule has 1 aromatic rings. The van der Waals surface area contributed by atoms with Crippen LogP contribution >= 0.6 is 0 Å². The summed E-state index contributed by atoms with van der Waals surface area (Å²) in [6.07, 6.45) is -9.91. The van der Waals surface area contributed by atoms with Crippen LogP contribution in [0.15, 0.2) is 18.2 Å². The Bertz CT molecular complexity index is 489. The van der Waals surface area contributed by atoms with E-state index in [0.29, 0.717) is 12.1 Å². The van der Waals surface area contributed by atoms with Crippen LogP contribution in [0.4, 0.5) is 26.3 Å². The summed E-state index contributed by atoms with van der Waals surface area (Å²) in [5, 5.41) is 0. The highest BCUT2D eigenvalue weighted by molar-refractivity contribution is 5.77. The normalized spacial score (nSPS) is 12.2. The van der Waals surface area contributed by atoms with Crippen molar-refractivity contribution in [2.45, 2.75) is 12.4 Å². The van der Waals surface area contributed by atoms with Gasteiger partial charge in [0.25, 0.3) is 5.91 Å². The molecule has 0 unspecified atom stereocenters. The van der Waals surface area contributed by atoms with Gasteiger partial charge in [-0.05, 0) is 18.2 Å². The number of ether oxygens (including phenoxy) is 1. The van der Waals surface area contributed by atoms with Crippen LogP contribution in [0.5, 0.6) is 5.75 Å². The van der Waals surface area contributed by atoms with Gasteiger partial charge in [-0.2, -0.15) is 26.3 Å². The number of hydrogen-bond acceptors (Lipinski definition) is 2. The fourth-order valence-corrected chi connectivity index (χ4v) is 1.28. The van der Waals surface area contributed by atoms with Crippen LogP contribution in [0, 0.1) is 0 Å². The number of nitrogens with zero attached hydrogens (tertiary/aromatic N) is 1. The minimum absolute atomic E-state index is 0.0133. The molecule has 0 atom stereocenters. The average molecular weight is 315 g/mol. The molecule has 1 amide bonds. The van der Waals surface area contributed by atoms with E-state index in [-0.39, 0.29) is 6.07 Å². The van der Waals surface area contributed by atoms with Crippen LogP contribution in [-0.4, -0.2) is 31.5 Å². The molecule has 1 rings (SSSR count). The van der Waals surface area contributed by atoms with E-state index in [1.165, 1.54) is 14.1 Å². The number of carbonyl (C=O) groups excluding carboxylic acids is 1. The largest absolute Gasteiger partial charge is 0.484 e. The Morgan fingerprint density at radius 1 is 1.00 bits per heavy atom. The zero-order valence-electron chi connectivity index (χ0n) is 11.0. The maximum absolute atomic E-state index is 12.6. The number of hydrogen-bond donors (Lipinski definition) is 0. The molecule has 0 heterocycles. The summed E-state index contributed by atoms with van der Waals surface area (Å²) in [6.45, 7) is -0.661. The van der Waals surface area contributed by atoms with Gasteiger partial charge < -0.3 is 9.64 Å². The Morgan fingerprint density at radius 3 is 1.76 bits per heavy atom. The molecule has 0 bridgehead atoms. The Balaban J connectivity index is 3.11. The van der Waals surface area contributed by atoms with Crippen molar-refractivity contribution < 1.29 is 35.9 Å². The van der Waals surface area contributed by atoms with Crippen LogP contribution in [-0.2, 0) is 17.1 Å². The maximum atomic E-state index is 12.6. The highest BCUT2D eigenvalue weighted by Gasteiger charge is 2.37. The molecule has 0 radical (unpaired) electrons. The van der Waals surface area contributed by atoms with Crippen LogP contribution in [0.2, 0.25) is 0 Å². The van der Waals surface area contributed by atoms with E-state index in [1.807, 2.05) is 0 Å². The van der Waals surface area contributed by atoms with Gasteiger partial charge in [0.05, 0.1) is 11.1 Å². The lowest BCUT2D eigenvalue weighted by molar-refractivity contribution is -0.143. The summed E-state index contributed by atoms with van der Waals surface area (Å²) in [5.41, 5.74) is -2.99. The molecule has 0 N–H and O–H groups in total. The predicted octanol–water partition coefficient (Wildman–Crippen LogP) is 3.19. The number of rotatable bonds is 3. The number of benzene rings is 1. The van der Waals surface area contributed by atoms with Crippen molar-refractivity contribution in [2.75, 3.05) is 20.7 Å². The Kier molecular flexibility index (Phi) is 4.75. The summed E-state index contributed by atoms with van der Waals surface area (Å²) in [7, 11) is 2.75. The van der Waals surface area contributed by atoms with Gasteiger partial charge in [-0.1, -0.05) is 0 Å². The lowest BCUT2D eigenvalue weighted by Crippen LogP contribution is -2.27.